The van der Waals surface area contributed by atoms with Gasteiger partial charge in [-0.1, -0.05) is 6.92 Å². The molecule has 7 heteroatoms. The van der Waals surface area contributed by atoms with Crippen LogP contribution >= 0.6 is 0 Å². The van der Waals surface area contributed by atoms with E-state index in [1.165, 1.54) is 6.07 Å². The maximum absolute atomic E-state index is 11.2. The second-order valence-electron chi connectivity index (χ2n) is 4.80. The van der Waals surface area contributed by atoms with Crippen LogP contribution in [0.2, 0.25) is 0 Å². The van der Waals surface area contributed by atoms with Crippen LogP contribution < -0.4 is 11.1 Å². The van der Waals surface area contributed by atoms with Crippen LogP contribution in [0.15, 0.2) is 18.5 Å². The second kappa shape index (κ2) is 6.25. The van der Waals surface area contributed by atoms with E-state index >= 15 is 0 Å². The minimum atomic E-state index is -0.968. The van der Waals surface area contributed by atoms with Crippen molar-refractivity contribution in [2.45, 2.75) is 33.4 Å². The van der Waals surface area contributed by atoms with Gasteiger partial charge in [0.2, 0.25) is 0 Å². The lowest BCUT2D eigenvalue weighted by atomic mass is 10.1. The highest BCUT2D eigenvalue weighted by Gasteiger charge is 2.13. The number of nitrogens with one attached hydrogen (secondary N) is 1. The molecule has 0 unspecified atom stereocenters. The summed E-state index contributed by atoms with van der Waals surface area (Å²) in [6.45, 7) is 5.09. The van der Waals surface area contributed by atoms with Crippen molar-refractivity contribution in [3.8, 4) is 0 Å². The number of carboxylic acid groups (broad SMARTS) is 1. The van der Waals surface area contributed by atoms with Gasteiger partial charge >= 0.3 is 5.97 Å². The molecule has 0 aliphatic rings. The van der Waals surface area contributed by atoms with Gasteiger partial charge in [-0.05, 0) is 31.0 Å². The van der Waals surface area contributed by atoms with Gasteiger partial charge in [0.1, 0.15) is 6.33 Å². The Balaban J connectivity index is 2.21. The van der Waals surface area contributed by atoms with Gasteiger partial charge in [0.25, 0.3) is 0 Å². The van der Waals surface area contributed by atoms with Crippen molar-refractivity contribution in [1.29, 1.82) is 0 Å². The van der Waals surface area contributed by atoms with Gasteiger partial charge < -0.3 is 20.7 Å². The lowest BCUT2D eigenvalue weighted by Gasteiger charge is -2.14. The lowest BCUT2D eigenvalue weighted by molar-refractivity contribution is 0.0696. The topological polar surface area (TPSA) is 106 Å². The average molecular weight is 289 g/mol. The van der Waals surface area contributed by atoms with Gasteiger partial charge in [0, 0.05) is 6.54 Å². The van der Waals surface area contributed by atoms with Gasteiger partial charge in [-0.3, -0.25) is 0 Å². The minimum Gasteiger partial charge on any atom is -0.478 e. The molecule has 0 saturated heterocycles. The summed E-state index contributed by atoms with van der Waals surface area (Å²) in [7, 11) is 0. The molecule has 2 rings (SSSR count). The minimum absolute atomic E-state index is 0.238. The van der Waals surface area contributed by atoms with E-state index < -0.39 is 5.97 Å². The Bertz CT molecular complexity index is 651. The molecule has 1 aromatic heterocycles. The van der Waals surface area contributed by atoms with Gasteiger partial charge in [-0.15, -0.1) is 10.2 Å². The van der Waals surface area contributed by atoms with Crippen LogP contribution in [-0.2, 0) is 13.1 Å². The van der Waals surface area contributed by atoms with E-state index in [0.717, 1.165) is 18.8 Å². The normalized spacial score (nSPS) is 10.6. The number of benzene rings is 1. The first-order valence-corrected chi connectivity index (χ1v) is 6.77. The van der Waals surface area contributed by atoms with Crippen LogP contribution in [0.3, 0.4) is 0 Å². The number of nitrogen functional groups attached to an aromatic ring is 1. The predicted octanol–water partition coefficient (Wildman–Crippen LogP) is 1.89. The SMILES string of the molecule is CCCn1cnnc1CNc1c(N)ccc(C(=O)O)c1C. The molecule has 21 heavy (non-hydrogen) atoms. The van der Waals surface area contributed by atoms with Crippen LogP contribution in [0.1, 0.15) is 35.1 Å². The number of hydrogen-bond acceptors (Lipinski definition) is 5. The predicted molar refractivity (Wildman–Crippen MR) is 80.2 cm³/mol. The Morgan fingerprint density at radius 3 is 2.90 bits per heavy atom. The summed E-state index contributed by atoms with van der Waals surface area (Å²) in [5.74, 6) is -0.180. The summed E-state index contributed by atoms with van der Waals surface area (Å²) in [5.41, 5.74) is 7.92. The summed E-state index contributed by atoms with van der Waals surface area (Å²) in [6.07, 6.45) is 2.67. The number of aryl methyl sites for hydroxylation is 1. The van der Waals surface area contributed by atoms with Crippen molar-refractivity contribution in [2.24, 2.45) is 0 Å². The Kier molecular flexibility index (Phi) is 4.42. The van der Waals surface area contributed by atoms with Gasteiger partial charge in [0.05, 0.1) is 23.5 Å². The van der Waals surface area contributed by atoms with E-state index in [4.69, 9.17) is 10.8 Å². The Hall–Kier alpha value is -2.57. The van der Waals surface area contributed by atoms with Crippen LogP contribution in [-0.4, -0.2) is 25.8 Å². The number of carbonyl (C=O) groups is 1. The largest absolute Gasteiger partial charge is 0.478 e. The average Bonchev–Trinajstić information content (AvgIpc) is 2.86. The third-order valence-corrected chi connectivity index (χ3v) is 3.31. The van der Waals surface area contributed by atoms with E-state index in [1.807, 2.05) is 4.57 Å². The standard InChI is InChI=1S/C14H19N5O2/c1-3-6-19-8-17-18-12(19)7-16-13-9(2)10(14(20)21)4-5-11(13)15/h4-5,8,16H,3,6-7,15H2,1-2H3,(H,20,21). The smallest absolute Gasteiger partial charge is 0.336 e. The van der Waals surface area contributed by atoms with Crippen molar-refractivity contribution in [3.05, 3.63) is 35.4 Å². The lowest BCUT2D eigenvalue weighted by Crippen LogP contribution is -2.12. The van der Waals surface area contributed by atoms with Crippen LogP contribution in [0.5, 0.6) is 0 Å². The number of hydrogen-bond donors (Lipinski definition) is 3. The van der Waals surface area contributed by atoms with Crippen LogP contribution in [0.4, 0.5) is 11.4 Å². The van der Waals surface area contributed by atoms with E-state index in [-0.39, 0.29) is 5.56 Å². The maximum atomic E-state index is 11.2. The van der Waals surface area contributed by atoms with Crippen molar-refractivity contribution in [1.82, 2.24) is 14.8 Å². The number of anilines is 2. The first kappa shape index (κ1) is 14.8. The van der Waals surface area contributed by atoms with E-state index in [2.05, 4.69) is 22.4 Å². The molecule has 1 heterocycles. The first-order chi connectivity index (χ1) is 10.0. The zero-order valence-electron chi connectivity index (χ0n) is 12.1. The third-order valence-electron chi connectivity index (χ3n) is 3.31. The Labute approximate surface area is 122 Å². The first-order valence-electron chi connectivity index (χ1n) is 6.77. The van der Waals surface area contributed by atoms with Crippen LogP contribution in [0, 0.1) is 6.92 Å². The fraction of sp³-hybridized carbons (Fsp3) is 0.357. The highest BCUT2D eigenvalue weighted by molar-refractivity contribution is 5.93. The number of aromatic carboxylic acids is 1. The Morgan fingerprint density at radius 1 is 1.48 bits per heavy atom. The molecule has 0 saturated carbocycles. The number of aromatic nitrogens is 3. The molecule has 0 radical (unpaired) electrons. The van der Waals surface area contributed by atoms with Gasteiger partial charge in [-0.25, -0.2) is 4.79 Å². The quantitative estimate of drug-likeness (QED) is 0.701. The molecule has 112 valence electrons. The molecule has 1 aromatic carbocycles. The van der Waals surface area contributed by atoms with Gasteiger partial charge in [-0.2, -0.15) is 0 Å². The molecule has 4 N–H and O–H groups in total. The fourth-order valence-electron chi connectivity index (χ4n) is 2.21. The van der Waals surface area contributed by atoms with Crippen molar-refractivity contribution >= 4 is 17.3 Å². The van der Waals surface area contributed by atoms with Crippen molar-refractivity contribution in [2.75, 3.05) is 11.1 Å². The fourth-order valence-corrected chi connectivity index (χ4v) is 2.21. The van der Waals surface area contributed by atoms with Gasteiger partial charge in [0.15, 0.2) is 5.82 Å². The number of nitrogens with two attached hydrogens (primary N) is 1. The van der Waals surface area contributed by atoms with Crippen LogP contribution in [0.25, 0.3) is 0 Å². The molecule has 7 nitrogen and oxygen atoms in total. The van der Waals surface area contributed by atoms with Crippen molar-refractivity contribution in [3.63, 3.8) is 0 Å². The number of nitrogens with zero attached hydrogens (tertiary/aromatic N) is 3. The third kappa shape index (κ3) is 3.13. The number of rotatable bonds is 6. The molecule has 0 aliphatic carbocycles. The second-order valence-corrected chi connectivity index (χ2v) is 4.80. The summed E-state index contributed by atoms with van der Waals surface area (Å²) in [5, 5.41) is 20.3. The zero-order valence-corrected chi connectivity index (χ0v) is 12.1. The zero-order chi connectivity index (χ0) is 15.4. The maximum Gasteiger partial charge on any atom is 0.336 e. The molecule has 0 spiro atoms. The number of carboxylic acids is 1. The summed E-state index contributed by atoms with van der Waals surface area (Å²) < 4.78 is 1.96. The monoisotopic (exact) mass is 289 g/mol. The highest BCUT2D eigenvalue weighted by Crippen LogP contribution is 2.26. The Morgan fingerprint density at radius 2 is 2.24 bits per heavy atom. The van der Waals surface area contributed by atoms with E-state index in [0.29, 0.717) is 23.5 Å². The highest BCUT2D eigenvalue weighted by atomic mass is 16.4. The molecular formula is C14H19N5O2. The van der Waals surface area contributed by atoms with E-state index in [1.54, 1.807) is 19.3 Å². The molecular weight excluding hydrogens is 270 g/mol. The van der Waals surface area contributed by atoms with Crippen molar-refractivity contribution < 1.29 is 9.90 Å². The molecule has 0 aliphatic heterocycles. The summed E-state index contributed by atoms with van der Waals surface area (Å²) >= 11 is 0. The molecule has 2 aromatic rings. The molecule has 0 fully saturated rings. The molecule has 0 amide bonds. The molecule has 0 bridgehead atoms. The summed E-state index contributed by atoms with van der Waals surface area (Å²) in [6, 6.07) is 3.10. The van der Waals surface area contributed by atoms with E-state index in [9.17, 15) is 4.79 Å². The summed E-state index contributed by atoms with van der Waals surface area (Å²) in [4.78, 5) is 11.2. The molecule has 0 atom stereocenters.